The topological polar surface area (TPSA) is 78.9 Å². The van der Waals surface area contributed by atoms with E-state index in [-0.39, 0.29) is 19.2 Å². The zero-order valence-electron chi connectivity index (χ0n) is 12.6. The van der Waals surface area contributed by atoms with E-state index in [1.54, 1.807) is 0 Å². The zero-order chi connectivity index (χ0) is 15.1. The second kappa shape index (κ2) is 7.64. The van der Waals surface area contributed by atoms with Gasteiger partial charge in [-0.25, -0.2) is 9.59 Å². The minimum Gasteiger partial charge on any atom is -0.480 e. The van der Waals surface area contributed by atoms with E-state index >= 15 is 0 Å². The van der Waals surface area contributed by atoms with E-state index in [4.69, 9.17) is 9.84 Å². The molecule has 2 amide bonds. The van der Waals surface area contributed by atoms with Gasteiger partial charge in [-0.3, -0.25) is 0 Å². The Kier molecular flexibility index (Phi) is 5.85. The van der Waals surface area contributed by atoms with Gasteiger partial charge < -0.3 is 20.1 Å². The molecule has 0 aromatic rings. The Balaban J connectivity index is 1.62. The maximum atomic E-state index is 12.0. The fraction of sp³-hybridized carbons (Fsp3) is 0.867. The number of carboxylic acid groups (broad SMARTS) is 1. The van der Waals surface area contributed by atoms with E-state index in [0.29, 0.717) is 12.0 Å². The van der Waals surface area contributed by atoms with Crippen LogP contribution in [0.25, 0.3) is 0 Å². The van der Waals surface area contributed by atoms with Gasteiger partial charge in [0.1, 0.15) is 6.61 Å². The predicted molar refractivity (Wildman–Crippen MR) is 78.2 cm³/mol. The Hall–Kier alpha value is -1.30. The first kappa shape index (κ1) is 16.1. The summed E-state index contributed by atoms with van der Waals surface area (Å²) in [7, 11) is 0. The summed E-state index contributed by atoms with van der Waals surface area (Å²) < 4.78 is 4.89. The molecule has 120 valence electrons. The summed E-state index contributed by atoms with van der Waals surface area (Å²) in [5.41, 5.74) is 0.500. The normalized spacial score (nSPS) is 21.2. The van der Waals surface area contributed by atoms with Gasteiger partial charge in [-0.15, -0.1) is 0 Å². The number of urea groups is 1. The number of ether oxygens (including phenoxy) is 1. The number of carbonyl (C=O) groups is 2. The molecular weight excluding hydrogens is 272 g/mol. The SMILES string of the molecule is O=C(O)COCCNC(=O)N1CCC2(CCCCC2)CC1. The van der Waals surface area contributed by atoms with E-state index in [1.165, 1.54) is 32.1 Å². The van der Waals surface area contributed by atoms with Crippen LogP contribution in [0.15, 0.2) is 0 Å². The molecule has 0 radical (unpaired) electrons. The number of rotatable bonds is 5. The summed E-state index contributed by atoms with van der Waals surface area (Å²) in [5.74, 6) is -0.991. The van der Waals surface area contributed by atoms with Crippen molar-refractivity contribution >= 4 is 12.0 Å². The van der Waals surface area contributed by atoms with Gasteiger partial charge >= 0.3 is 12.0 Å². The molecule has 1 aliphatic carbocycles. The molecule has 2 aliphatic rings. The number of piperidine rings is 1. The minimum absolute atomic E-state index is 0.0559. The van der Waals surface area contributed by atoms with Gasteiger partial charge in [0.15, 0.2) is 0 Å². The third-order valence-electron chi connectivity index (χ3n) is 4.77. The van der Waals surface area contributed by atoms with E-state index in [9.17, 15) is 9.59 Å². The molecule has 0 aromatic heterocycles. The number of hydrogen-bond donors (Lipinski definition) is 2. The summed E-state index contributed by atoms with van der Waals surface area (Å²) in [4.78, 5) is 24.2. The maximum absolute atomic E-state index is 12.0. The van der Waals surface area contributed by atoms with E-state index in [1.807, 2.05) is 4.90 Å². The molecule has 1 saturated carbocycles. The van der Waals surface area contributed by atoms with Gasteiger partial charge in [-0.05, 0) is 31.1 Å². The number of aliphatic carboxylic acids is 1. The summed E-state index contributed by atoms with van der Waals surface area (Å²) >= 11 is 0. The lowest BCUT2D eigenvalue weighted by Crippen LogP contribution is -2.48. The smallest absolute Gasteiger partial charge is 0.329 e. The first-order chi connectivity index (χ1) is 10.1. The maximum Gasteiger partial charge on any atom is 0.329 e. The Labute approximate surface area is 125 Å². The molecule has 6 heteroatoms. The van der Waals surface area contributed by atoms with Crippen LogP contribution in [0.2, 0.25) is 0 Å². The van der Waals surface area contributed by atoms with Crippen molar-refractivity contribution in [2.75, 3.05) is 32.8 Å². The van der Waals surface area contributed by atoms with Crippen molar-refractivity contribution in [2.24, 2.45) is 5.41 Å². The molecule has 1 saturated heterocycles. The lowest BCUT2D eigenvalue weighted by atomic mass is 9.68. The Morgan fingerprint density at radius 1 is 1.10 bits per heavy atom. The number of hydrogen-bond acceptors (Lipinski definition) is 3. The van der Waals surface area contributed by atoms with Gasteiger partial charge in [0.25, 0.3) is 0 Å². The Morgan fingerprint density at radius 2 is 1.76 bits per heavy atom. The number of carboxylic acids is 1. The highest BCUT2D eigenvalue weighted by Gasteiger charge is 2.36. The Bertz CT molecular complexity index is 357. The summed E-state index contributed by atoms with van der Waals surface area (Å²) in [6.45, 7) is 1.94. The van der Waals surface area contributed by atoms with Crippen LogP contribution >= 0.6 is 0 Å². The molecule has 6 nitrogen and oxygen atoms in total. The van der Waals surface area contributed by atoms with Gasteiger partial charge in [-0.1, -0.05) is 19.3 Å². The monoisotopic (exact) mass is 298 g/mol. The largest absolute Gasteiger partial charge is 0.480 e. The van der Waals surface area contributed by atoms with Crippen molar-refractivity contribution in [3.63, 3.8) is 0 Å². The van der Waals surface area contributed by atoms with Crippen LogP contribution in [0.1, 0.15) is 44.9 Å². The van der Waals surface area contributed by atoms with Crippen molar-refractivity contribution < 1.29 is 19.4 Å². The fourth-order valence-corrected chi connectivity index (χ4v) is 3.49. The molecule has 0 unspecified atom stereocenters. The Morgan fingerprint density at radius 3 is 2.38 bits per heavy atom. The van der Waals surface area contributed by atoms with E-state index in [0.717, 1.165) is 25.9 Å². The van der Waals surface area contributed by atoms with Crippen molar-refractivity contribution in [3.05, 3.63) is 0 Å². The number of carbonyl (C=O) groups excluding carboxylic acids is 1. The van der Waals surface area contributed by atoms with Crippen LogP contribution in [0.3, 0.4) is 0 Å². The molecule has 0 aromatic carbocycles. The average Bonchev–Trinajstić information content (AvgIpc) is 2.48. The number of nitrogens with one attached hydrogen (secondary N) is 1. The molecule has 1 heterocycles. The molecular formula is C15H26N2O4. The second-order valence-electron chi connectivity index (χ2n) is 6.23. The lowest BCUT2D eigenvalue weighted by molar-refractivity contribution is -0.142. The third-order valence-corrected chi connectivity index (χ3v) is 4.77. The quantitative estimate of drug-likeness (QED) is 0.759. The molecule has 1 spiro atoms. The molecule has 2 N–H and O–H groups in total. The summed E-state index contributed by atoms with van der Waals surface area (Å²) in [5, 5.41) is 11.2. The van der Waals surface area contributed by atoms with Gasteiger partial charge in [0, 0.05) is 19.6 Å². The van der Waals surface area contributed by atoms with Crippen LogP contribution in [0, 0.1) is 5.41 Å². The zero-order valence-corrected chi connectivity index (χ0v) is 12.6. The predicted octanol–water partition coefficient (Wildman–Crippen LogP) is 1.84. The number of likely N-dealkylation sites (tertiary alicyclic amines) is 1. The van der Waals surface area contributed by atoms with Gasteiger partial charge in [-0.2, -0.15) is 0 Å². The fourth-order valence-electron chi connectivity index (χ4n) is 3.49. The number of nitrogens with zero attached hydrogens (tertiary/aromatic N) is 1. The van der Waals surface area contributed by atoms with Crippen molar-refractivity contribution in [1.82, 2.24) is 10.2 Å². The minimum atomic E-state index is -0.991. The van der Waals surface area contributed by atoms with Crippen LogP contribution in [-0.4, -0.2) is 54.9 Å². The first-order valence-electron chi connectivity index (χ1n) is 7.94. The molecule has 2 fully saturated rings. The van der Waals surface area contributed by atoms with Crippen molar-refractivity contribution in [1.29, 1.82) is 0 Å². The molecule has 0 bridgehead atoms. The highest BCUT2D eigenvalue weighted by Crippen LogP contribution is 2.44. The first-order valence-corrected chi connectivity index (χ1v) is 7.94. The number of amides is 2. The van der Waals surface area contributed by atoms with E-state index < -0.39 is 5.97 Å². The molecule has 2 rings (SSSR count). The lowest BCUT2D eigenvalue weighted by Gasteiger charge is -2.44. The second-order valence-corrected chi connectivity index (χ2v) is 6.23. The average molecular weight is 298 g/mol. The standard InChI is InChI=1S/C15H26N2O4/c18-13(19)12-21-11-8-16-14(20)17-9-6-15(7-10-17)4-2-1-3-5-15/h1-12H2,(H,16,20)(H,18,19). The van der Waals surface area contributed by atoms with Gasteiger partial charge in [0.05, 0.1) is 6.61 Å². The molecule has 1 aliphatic heterocycles. The van der Waals surface area contributed by atoms with Crippen LogP contribution in [-0.2, 0) is 9.53 Å². The van der Waals surface area contributed by atoms with Crippen molar-refractivity contribution in [3.8, 4) is 0 Å². The van der Waals surface area contributed by atoms with Crippen LogP contribution in [0.5, 0.6) is 0 Å². The third kappa shape index (κ3) is 4.88. The van der Waals surface area contributed by atoms with Crippen molar-refractivity contribution in [2.45, 2.75) is 44.9 Å². The van der Waals surface area contributed by atoms with Crippen LogP contribution < -0.4 is 5.32 Å². The van der Waals surface area contributed by atoms with Crippen LogP contribution in [0.4, 0.5) is 4.79 Å². The highest BCUT2D eigenvalue weighted by atomic mass is 16.5. The molecule has 0 atom stereocenters. The summed E-state index contributed by atoms with van der Waals surface area (Å²) in [6, 6.07) is -0.0559. The summed E-state index contributed by atoms with van der Waals surface area (Å²) in [6.07, 6.45) is 8.94. The van der Waals surface area contributed by atoms with E-state index in [2.05, 4.69) is 5.32 Å². The molecule has 21 heavy (non-hydrogen) atoms. The van der Waals surface area contributed by atoms with Gasteiger partial charge in [0.2, 0.25) is 0 Å². The highest BCUT2D eigenvalue weighted by molar-refractivity contribution is 5.74.